The molecule has 0 aliphatic heterocycles. The molecule has 0 aliphatic carbocycles. The molecule has 0 saturated carbocycles. The molecular formula is C9H13NO. The van der Waals surface area contributed by atoms with Crippen molar-refractivity contribution in [2.24, 2.45) is 0 Å². The van der Waals surface area contributed by atoms with Crippen LogP contribution in [0.3, 0.4) is 0 Å². The van der Waals surface area contributed by atoms with Crippen molar-refractivity contribution in [2.45, 2.75) is 27.2 Å². The van der Waals surface area contributed by atoms with Gasteiger partial charge in [0.2, 0.25) is 0 Å². The van der Waals surface area contributed by atoms with Gasteiger partial charge >= 0.3 is 0 Å². The molecule has 1 rings (SSSR count). The second-order valence-electron chi connectivity index (χ2n) is 2.69. The van der Waals surface area contributed by atoms with Crippen molar-refractivity contribution >= 4 is 0 Å². The predicted molar refractivity (Wildman–Crippen MR) is 44.8 cm³/mol. The molecule has 2 nitrogen and oxygen atoms in total. The van der Waals surface area contributed by atoms with Gasteiger partial charge < -0.3 is 5.11 Å². The van der Waals surface area contributed by atoms with Gasteiger partial charge in [0, 0.05) is 5.69 Å². The topological polar surface area (TPSA) is 33.1 Å². The van der Waals surface area contributed by atoms with Crippen LogP contribution in [-0.2, 0) is 6.42 Å². The van der Waals surface area contributed by atoms with Crippen molar-refractivity contribution in [1.82, 2.24) is 4.98 Å². The molecular weight excluding hydrogens is 138 g/mol. The largest absolute Gasteiger partial charge is 0.506 e. The molecule has 0 bridgehead atoms. The van der Waals surface area contributed by atoms with Crippen molar-refractivity contribution in [3.05, 3.63) is 23.0 Å². The smallest absolute Gasteiger partial charge is 0.137 e. The van der Waals surface area contributed by atoms with Crippen LogP contribution in [0.25, 0.3) is 0 Å². The number of aromatic nitrogens is 1. The van der Waals surface area contributed by atoms with Crippen molar-refractivity contribution in [2.75, 3.05) is 0 Å². The number of hydrogen-bond donors (Lipinski definition) is 1. The zero-order chi connectivity index (χ0) is 8.43. The first-order valence-corrected chi connectivity index (χ1v) is 3.81. The summed E-state index contributed by atoms with van der Waals surface area (Å²) in [6.45, 7) is 5.83. The molecule has 1 N–H and O–H groups in total. The summed E-state index contributed by atoms with van der Waals surface area (Å²) in [6.07, 6.45) is 0.923. The van der Waals surface area contributed by atoms with E-state index in [-0.39, 0.29) is 0 Å². The van der Waals surface area contributed by atoms with E-state index in [1.165, 1.54) is 0 Å². The Hall–Kier alpha value is -1.05. The predicted octanol–water partition coefficient (Wildman–Crippen LogP) is 1.97. The Kier molecular flexibility index (Phi) is 2.13. The minimum atomic E-state index is 0.299. The average molecular weight is 151 g/mol. The van der Waals surface area contributed by atoms with Crippen LogP contribution in [0.2, 0.25) is 0 Å². The molecule has 0 spiro atoms. The third-order valence-electron chi connectivity index (χ3n) is 1.86. The monoisotopic (exact) mass is 151 g/mol. The quantitative estimate of drug-likeness (QED) is 0.665. The first kappa shape index (κ1) is 8.05. The molecule has 0 aliphatic rings. The number of hydrogen-bond acceptors (Lipinski definition) is 2. The molecule has 0 atom stereocenters. The van der Waals surface area contributed by atoms with Crippen LogP contribution in [0.5, 0.6) is 5.75 Å². The van der Waals surface area contributed by atoms with Crippen LogP contribution in [0.15, 0.2) is 6.07 Å². The van der Waals surface area contributed by atoms with E-state index in [0.29, 0.717) is 11.4 Å². The third-order valence-corrected chi connectivity index (χ3v) is 1.86. The normalized spacial score (nSPS) is 10.1. The molecule has 2 heteroatoms. The highest BCUT2D eigenvalue weighted by Gasteiger charge is 2.01. The van der Waals surface area contributed by atoms with Crippen LogP contribution in [0, 0.1) is 13.8 Å². The Balaban J connectivity index is 3.21. The molecule has 0 amide bonds. The van der Waals surface area contributed by atoms with E-state index in [0.717, 1.165) is 17.7 Å². The van der Waals surface area contributed by atoms with Gasteiger partial charge in [-0.25, -0.2) is 0 Å². The standard InChI is InChI=1S/C9H13NO/c1-4-8-5-9(11)7(3)10-6(8)2/h5,11H,4H2,1-3H3. The Bertz CT molecular complexity index is 269. The molecule has 1 aromatic rings. The molecule has 11 heavy (non-hydrogen) atoms. The number of nitrogens with zero attached hydrogens (tertiary/aromatic N) is 1. The summed E-state index contributed by atoms with van der Waals surface area (Å²) < 4.78 is 0. The lowest BCUT2D eigenvalue weighted by atomic mass is 10.1. The van der Waals surface area contributed by atoms with Crippen LogP contribution in [0.4, 0.5) is 0 Å². The van der Waals surface area contributed by atoms with Gasteiger partial charge in [0.05, 0.1) is 5.69 Å². The molecule has 60 valence electrons. The van der Waals surface area contributed by atoms with E-state index >= 15 is 0 Å². The van der Waals surface area contributed by atoms with E-state index in [9.17, 15) is 5.11 Å². The van der Waals surface area contributed by atoms with Gasteiger partial charge in [-0.15, -0.1) is 0 Å². The van der Waals surface area contributed by atoms with Crippen LogP contribution < -0.4 is 0 Å². The van der Waals surface area contributed by atoms with Crippen LogP contribution in [0.1, 0.15) is 23.9 Å². The summed E-state index contributed by atoms with van der Waals surface area (Å²) >= 11 is 0. The number of pyridine rings is 1. The van der Waals surface area contributed by atoms with Gasteiger partial charge in [0.25, 0.3) is 0 Å². The van der Waals surface area contributed by atoms with E-state index in [1.807, 2.05) is 13.8 Å². The minimum absolute atomic E-state index is 0.299. The summed E-state index contributed by atoms with van der Waals surface area (Å²) in [5.41, 5.74) is 2.84. The lowest BCUT2D eigenvalue weighted by Crippen LogP contribution is -1.93. The Labute approximate surface area is 66.9 Å². The zero-order valence-electron chi connectivity index (χ0n) is 7.18. The van der Waals surface area contributed by atoms with E-state index in [4.69, 9.17) is 0 Å². The highest BCUT2D eigenvalue weighted by Crippen LogP contribution is 2.17. The van der Waals surface area contributed by atoms with Crippen molar-refractivity contribution in [1.29, 1.82) is 0 Å². The van der Waals surface area contributed by atoms with E-state index in [2.05, 4.69) is 11.9 Å². The lowest BCUT2D eigenvalue weighted by molar-refractivity contribution is 0.466. The van der Waals surface area contributed by atoms with E-state index in [1.54, 1.807) is 6.07 Å². The summed E-state index contributed by atoms with van der Waals surface area (Å²) in [7, 11) is 0. The SMILES string of the molecule is CCc1cc(O)c(C)nc1C. The fourth-order valence-electron chi connectivity index (χ4n) is 1.11. The molecule has 0 unspecified atom stereocenters. The Morgan fingerprint density at radius 3 is 2.55 bits per heavy atom. The maximum absolute atomic E-state index is 9.29. The van der Waals surface area contributed by atoms with Gasteiger partial charge in [-0.3, -0.25) is 4.98 Å². The molecule has 0 radical (unpaired) electrons. The number of aryl methyl sites for hydroxylation is 3. The maximum atomic E-state index is 9.29. The lowest BCUT2D eigenvalue weighted by Gasteiger charge is -2.04. The van der Waals surface area contributed by atoms with Crippen molar-refractivity contribution < 1.29 is 5.11 Å². The van der Waals surface area contributed by atoms with Crippen LogP contribution >= 0.6 is 0 Å². The van der Waals surface area contributed by atoms with Gasteiger partial charge in [-0.1, -0.05) is 6.92 Å². The number of rotatable bonds is 1. The van der Waals surface area contributed by atoms with Crippen molar-refractivity contribution in [3.8, 4) is 5.75 Å². The second-order valence-corrected chi connectivity index (χ2v) is 2.69. The van der Waals surface area contributed by atoms with Gasteiger partial charge in [-0.05, 0) is 31.9 Å². The van der Waals surface area contributed by atoms with E-state index < -0.39 is 0 Å². The van der Waals surface area contributed by atoms with Crippen LogP contribution in [-0.4, -0.2) is 10.1 Å². The average Bonchev–Trinajstić information content (AvgIpc) is 1.97. The Morgan fingerprint density at radius 1 is 1.36 bits per heavy atom. The summed E-state index contributed by atoms with van der Waals surface area (Å²) in [4.78, 5) is 4.19. The second kappa shape index (κ2) is 2.91. The fraction of sp³-hybridized carbons (Fsp3) is 0.444. The molecule has 0 saturated heterocycles. The highest BCUT2D eigenvalue weighted by atomic mass is 16.3. The zero-order valence-corrected chi connectivity index (χ0v) is 7.18. The minimum Gasteiger partial charge on any atom is -0.506 e. The van der Waals surface area contributed by atoms with Gasteiger partial charge in [0.15, 0.2) is 0 Å². The summed E-state index contributed by atoms with van der Waals surface area (Å²) in [5.74, 6) is 0.299. The molecule has 0 fully saturated rings. The first-order valence-electron chi connectivity index (χ1n) is 3.81. The van der Waals surface area contributed by atoms with Gasteiger partial charge in [-0.2, -0.15) is 0 Å². The number of aromatic hydroxyl groups is 1. The van der Waals surface area contributed by atoms with Gasteiger partial charge in [0.1, 0.15) is 5.75 Å². The maximum Gasteiger partial charge on any atom is 0.137 e. The highest BCUT2D eigenvalue weighted by molar-refractivity contribution is 5.33. The first-order chi connectivity index (χ1) is 5.15. The molecule has 1 aromatic heterocycles. The molecule has 1 heterocycles. The van der Waals surface area contributed by atoms with Crippen molar-refractivity contribution in [3.63, 3.8) is 0 Å². The third kappa shape index (κ3) is 1.50. The fourth-order valence-corrected chi connectivity index (χ4v) is 1.11. The summed E-state index contributed by atoms with van der Waals surface area (Å²) in [6, 6.07) is 1.79. The summed E-state index contributed by atoms with van der Waals surface area (Å²) in [5, 5.41) is 9.29. The Morgan fingerprint density at radius 2 is 2.00 bits per heavy atom. The molecule has 0 aromatic carbocycles.